The summed E-state index contributed by atoms with van der Waals surface area (Å²) >= 11 is 1.66. The first-order valence-corrected chi connectivity index (χ1v) is 9.57. The highest BCUT2D eigenvalue weighted by atomic mass is 32.1. The highest BCUT2D eigenvalue weighted by Crippen LogP contribution is 2.36. The lowest BCUT2D eigenvalue weighted by Gasteiger charge is -2.36. The molecule has 4 rings (SSSR count). The number of amides is 2. The quantitative estimate of drug-likeness (QED) is 0.734. The molecule has 1 N–H and O–H groups in total. The second kappa shape index (κ2) is 7.36. The molecule has 7 heteroatoms. The molecule has 3 heterocycles. The van der Waals surface area contributed by atoms with Crippen LogP contribution in [0.1, 0.15) is 16.6 Å². The minimum Gasteiger partial charge on any atom is -0.493 e. The highest BCUT2D eigenvalue weighted by Gasteiger charge is 2.32. The Labute approximate surface area is 161 Å². The van der Waals surface area contributed by atoms with Gasteiger partial charge in [-0.2, -0.15) is 0 Å². The van der Waals surface area contributed by atoms with Gasteiger partial charge >= 0.3 is 6.03 Å². The van der Waals surface area contributed by atoms with Gasteiger partial charge < -0.3 is 24.3 Å². The molecular formula is C20H21N3O3S. The van der Waals surface area contributed by atoms with E-state index in [9.17, 15) is 4.79 Å². The maximum absolute atomic E-state index is 13.1. The van der Waals surface area contributed by atoms with Crippen molar-refractivity contribution in [1.29, 1.82) is 0 Å². The van der Waals surface area contributed by atoms with Crippen LogP contribution in [-0.2, 0) is 6.54 Å². The lowest BCUT2D eigenvalue weighted by atomic mass is 10.1. The van der Waals surface area contributed by atoms with Gasteiger partial charge in [-0.05, 0) is 35.7 Å². The first kappa shape index (κ1) is 17.5. The summed E-state index contributed by atoms with van der Waals surface area (Å²) < 4.78 is 12.8. The molecule has 6 nitrogen and oxygen atoms in total. The number of hydrogen-bond donors (Lipinski definition) is 1. The summed E-state index contributed by atoms with van der Waals surface area (Å²) in [7, 11) is 3.17. The Morgan fingerprint density at radius 1 is 1.11 bits per heavy atom. The molecule has 3 aromatic rings. The van der Waals surface area contributed by atoms with Crippen molar-refractivity contribution in [3.05, 3.63) is 64.6 Å². The van der Waals surface area contributed by atoms with E-state index in [1.54, 1.807) is 37.7 Å². The zero-order valence-corrected chi connectivity index (χ0v) is 16.0. The molecule has 0 spiro atoms. The SMILES string of the molecule is COc1ccc(NC(=O)N2CCn3cccc3C2c2cccs2)cc1OC. The van der Waals surface area contributed by atoms with Gasteiger partial charge in [0.2, 0.25) is 0 Å². The Morgan fingerprint density at radius 3 is 2.70 bits per heavy atom. The van der Waals surface area contributed by atoms with Crippen LogP contribution in [0.5, 0.6) is 11.5 Å². The third-order valence-electron chi connectivity index (χ3n) is 4.75. The van der Waals surface area contributed by atoms with E-state index < -0.39 is 0 Å². The number of hydrogen-bond acceptors (Lipinski definition) is 4. The van der Waals surface area contributed by atoms with Gasteiger partial charge in [-0.1, -0.05) is 6.07 Å². The number of aromatic nitrogens is 1. The number of rotatable bonds is 4. The molecule has 0 bridgehead atoms. The fraction of sp³-hybridized carbons (Fsp3) is 0.250. The van der Waals surface area contributed by atoms with E-state index in [0.29, 0.717) is 23.7 Å². The molecule has 140 valence electrons. The second-order valence-corrected chi connectivity index (χ2v) is 7.22. The van der Waals surface area contributed by atoms with Crippen molar-refractivity contribution in [1.82, 2.24) is 9.47 Å². The number of fused-ring (bicyclic) bond motifs is 1. The number of urea groups is 1. The fourth-order valence-electron chi connectivity index (χ4n) is 3.46. The summed E-state index contributed by atoms with van der Waals surface area (Å²) in [6.07, 6.45) is 2.07. The Hall–Kier alpha value is -2.93. The minimum absolute atomic E-state index is 0.0890. The van der Waals surface area contributed by atoms with Crippen LogP contribution in [0.15, 0.2) is 54.0 Å². The summed E-state index contributed by atoms with van der Waals surface area (Å²) in [4.78, 5) is 16.1. The lowest BCUT2D eigenvalue weighted by molar-refractivity contribution is 0.183. The molecule has 0 fully saturated rings. The minimum atomic E-state index is -0.131. The van der Waals surface area contributed by atoms with Crippen LogP contribution in [-0.4, -0.2) is 36.3 Å². The number of anilines is 1. The topological polar surface area (TPSA) is 55.7 Å². The standard InChI is InChI=1S/C20H21N3O3S/c1-25-16-8-7-14(13-17(16)26-2)21-20(24)23-11-10-22-9-3-5-15(22)19(23)18-6-4-12-27-18/h3-9,12-13,19H,10-11H2,1-2H3,(H,21,24). The van der Waals surface area contributed by atoms with E-state index in [1.165, 1.54) is 0 Å². The average molecular weight is 383 g/mol. The molecule has 1 unspecified atom stereocenters. The zero-order chi connectivity index (χ0) is 18.8. The summed E-state index contributed by atoms with van der Waals surface area (Å²) in [6, 6.07) is 13.4. The summed E-state index contributed by atoms with van der Waals surface area (Å²) in [5.41, 5.74) is 1.80. The number of methoxy groups -OCH3 is 2. The van der Waals surface area contributed by atoms with Gasteiger partial charge in [-0.25, -0.2) is 4.79 Å². The maximum Gasteiger partial charge on any atom is 0.322 e. The van der Waals surface area contributed by atoms with E-state index in [4.69, 9.17) is 9.47 Å². The molecule has 2 amide bonds. The van der Waals surface area contributed by atoms with Crippen molar-refractivity contribution < 1.29 is 14.3 Å². The Kier molecular flexibility index (Phi) is 4.77. The van der Waals surface area contributed by atoms with E-state index in [-0.39, 0.29) is 12.1 Å². The molecule has 0 radical (unpaired) electrons. The van der Waals surface area contributed by atoms with E-state index in [2.05, 4.69) is 28.2 Å². The van der Waals surface area contributed by atoms with Crippen molar-refractivity contribution in [2.75, 3.05) is 26.1 Å². The van der Waals surface area contributed by atoms with Crippen molar-refractivity contribution >= 4 is 23.1 Å². The van der Waals surface area contributed by atoms with Crippen LogP contribution in [0, 0.1) is 0 Å². The number of thiophene rings is 1. The van der Waals surface area contributed by atoms with E-state index in [0.717, 1.165) is 17.1 Å². The smallest absolute Gasteiger partial charge is 0.322 e. The van der Waals surface area contributed by atoms with Gasteiger partial charge in [0, 0.05) is 41.6 Å². The first-order valence-electron chi connectivity index (χ1n) is 8.69. The Bertz CT molecular complexity index is 936. The summed E-state index contributed by atoms with van der Waals surface area (Å²) in [5.74, 6) is 1.21. The number of carbonyl (C=O) groups is 1. The second-order valence-electron chi connectivity index (χ2n) is 6.24. The Balaban J connectivity index is 1.61. The molecule has 0 saturated heterocycles. The summed E-state index contributed by atoms with van der Waals surface area (Å²) in [5, 5.41) is 5.04. The molecule has 1 aliphatic heterocycles. The van der Waals surface area contributed by atoms with E-state index >= 15 is 0 Å². The van der Waals surface area contributed by atoms with Crippen molar-refractivity contribution in [2.45, 2.75) is 12.6 Å². The van der Waals surface area contributed by atoms with Gasteiger partial charge in [0.1, 0.15) is 6.04 Å². The van der Waals surface area contributed by atoms with Crippen LogP contribution in [0.3, 0.4) is 0 Å². The third kappa shape index (κ3) is 3.26. The van der Waals surface area contributed by atoms with Crippen molar-refractivity contribution in [2.24, 2.45) is 0 Å². The molecule has 1 atom stereocenters. The average Bonchev–Trinajstić information content (AvgIpc) is 3.38. The predicted octanol–water partition coefficient (Wildman–Crippen LogP) is 4.20. The van der Waals surface area contributed by atoms with Gasteiger partial charge in [0.15, 0.2) is 11.5 Å². The molecule has 27 heavy (non-hydrogen) atoms. The molecule has 1 aliphatic rings. The summed E-state index contributed by atoms with van der Waals surface area (Å²) in [6.45, 7) is 1.42. The first-order chi connectivity index (χ1) is 13.2. The van der Waals surface area contributed by atoms with Crippen LogP contribution in [0.25, 0.3) is 0 Å². The molecular weight excluding hydrogens is 362 g/mol. The van der Waals surface area contributed by atoms with Gasteiger partial charge in [-0.15, -0.1) is 11.3 Å². The van der Waals surface area contributed by atoms with Crippen LogP contribution >= 0.6 is 11.3 Å². The Morgan fingerprint density at radius 2 is 1.96 bits per heavy atom. The number of nitrogens with zero attached hydrogens (tertiary/aromatic N) is 2. The van der Waals surface area contributed by atoms with Crippen LogP contribution < -0.4 is 14.8 Å². The number of carbonyl (C=O) groups excluding carboxylic acids is 1. The van der Waals surface area contributed by atoms with Crippen LogP contribution in [0.2, 0.25) is 0 Å². The molecule has 1 aromatic carbocycles. The fourth-order valence-corrected chi connectivity index (χ4v) is 4.31. The largest absolute Gasteiger partial charge is 0.493 e. The molecule has 2 aromatic heterocycles. The number of nitrogens with one attached hydrogen (secondary N) is 1. The maximum atomic E-state index is 13.1. The van der Waals surface area contributed by atoms with Gasteiger partial charge in [-0.3, -0.25) is 0 Å². The van der Waals surface area contributed by atoms with Crippen molar-refractivity contribution in [3.8, 4) is 11.5 Å². The van der Waals surface area contributed by atoms with Crippen LogP contribution in [0.4, 0.5) is 10.5 Å². The molecule has 0 saturated carbocycles. The molecule has 0 aliphatic carbocycles. The monoisotopic (exact) mass is 383 g/mol. The van der Waals surface area contributed by atoms with Crippen molar-refractivity contribution in [3.63, 3.8) is 0 Å². The van der Waals surface area contributed by atoms with Gasteiger partial charge in [0.05, 0.1) is 14.2 Å². The lowest BCUT2D eigenvalue weighted by Crippen LogP contribution is -2.44. The number of ether oxygens (including phenoxy) is 2. The third-order valence-corrected chi connectivity index (χ3v) is 5.67. The zero-order valence-electron chi connectivity index (χ0n) is 15.2. The normalized spacial score (nSPS) is 15.9. The number of benzene rings is 1. The highest BCUT2D eigenvalue weighted by molar-refractivity contribution is 7.10. The van der Waals surface area contributed by atoms with Gasteiger partial charge in [0.25, 0.3) is 0 Å². The van der Waals surface area contributed by atoms with E-state index in [1.807, 2.05) is 28.5 Å². The predicted molar refractivity (Wildman–Crippen MR) is 106 cm³/mol.